The van der Waals surface area contributed by atoms with Gasteiger partial charge in [-0.1, -0.05) is 13.0 Å². The number of imide groups is 1. The third-order valence-corrected chi connectivity index (χ3v) is 3.34. The Bertz CT molecular complexity index is 585. The zero-order valence-corrected chi connectivity index (χ0v) is 11.3. The van der Waals surface area contributed by atoms with E-state index in [0.717, 1.165) is 0 Å². The molecular formula is C13H15N3O4. The van der Waals surface area contributed by atoms with Crippen LogP contribution in [0.25, 0.3) is 0 Å². The molecular weight excluding hydrogens is 262 g/mol. The van der Waals surface area contributed by atoms with Crippen LogP contribution in [0.5, 0.6) is 0 Å². The van der Waals surface area contributed by atoms with Crippen molar-refractivity contribution in [2.75, 3.05) is 12.4 Å². The van der Waals surface area contributed by atoms with E-state index in [1.54, 1.807) is 26.1 Å². The molecule has 0 saturated carbocycles. The van der Waals surface area contributed by atoms with E-state index in [1.807, 2.05) is 0 Å². The molecule has 2 rings (SSSR count). The lowest BCUT2D eigenvalue weighted by molar-refractivity contribution is -0.384. The van der Waals surface area contributed by atoms with E-state index in [9.17, 15) is 19.7 Å². The van der Waals surface area contributed by atoms with Crippen LogP contribution in [0.15, 0.2) is 18.2 Å². The number of likely N-dealkylation sites (tertiary alicyclic amines) is 1. The van der Waals surface area contributed by atoms with Gasteiger partial charge in [-0.15, -0.1) is 0 Å². The second-order valence-corrected chi connectivity index (χ2v) is 4.78. The average molecular weight is 277 g/mol. The molecule has 1 aliphatic rings. The Morgan fingerprint density at radius 1 is 1.45 bits per heavy atom. The van der Waals surface area contributed by atoms with E-state index in [0.29, 0.717) is 11.3 Å². The van der Waals surface area contributed by atoms with Gasteiger partial charge in [-0.25, -0.2) is 0 Å². The minimum Gasteiger partial charge on any atom is -0.383 e. The van der Waals surface area contributed by atoms with E-state index >= 15 is 0 Å². The summed E-state index contributed by atoms with van der Waals surface area (Å²) in [5.41, 5.74) is 0.999. The molecule has 1 aromatic rings. The average Bonchev–Trinajstić information content (AvgIpc) is 2.65. The van der Waals surface area contributed by atoms with Crippen molar-refractivity contribution >= 4 is 23.2 Å². The number of hydrogen-bond donors (Lipinski definition) is 1. The first-order valence-corrected chi connectivity index (χ1v) is 6.23. The molecule has 1 aromatic carbocycles. The summed E-state index contributed by atoms with van der Waals surface area (Å²) in [5.74, 6) is -0.685. The zero-order chi connectivity index (χ0) is 14.9. The van der Waals surface area contributed by atoms with Crippen LogP contribution < -0.4 is 5.32 Å². The first-order chi connectivity index (χ1) is 9.43. The van der Waals surface area contributed by atoms with Gasteiger partial charge in [0.1, 0.15) is 5.69 Å². The number of nitro benzene ring substituents is 1. The van der Waals surface area contributed by atoms with Crippen molar-refractivity contribution < 1.29 is 14.5 Å². The molecule has 7 heteroatoms. The Morgan fingerprint density at radius 2 is 2.15 bits per heavy atom. The summed E-state index contributed by atoms with van der Waals surface area (Å²) < 4.78 is 0. The SMILES string of the molecule is CNc1cc(CN2C(=O)CC(C)C2=O)ccc1[N+](=O)[O-]. The number of amides is 2. The number of carbonyl (C=O) groups excluding carboxylic acids is 2. The van der Waals surface area contributed by atoms with Gasteiger partial charge in [-0.2, -0.15) is 0 Å². The second-order valence-electron chi connectivity index (χ2n) is 4.78. The predicted molar refractivity (Wildman–Crippen MR) is 72.0 cm³/mol. The number of rotatable bonds is 4. The monoisotopic (exact) mass is 277 g/mol. The molecule has 1 aliphatic heterocycles. The van der Waals surface area contributed by atoms with Crippen molar-refractivity contribution in [2.24, 2.45) is 5.92 Å². The Hall–Kier alpha value is -2.44. The molecule has 0 spiro atoms. The van der Waals surface area contributed by atoms with Crippen LogP contribution in [0, 0.1) is 16.0 Å². The maximum atomic E-state index is 11.8. The standard InChI is InChI=1S/C13H15N3O4/c1-8-5-12(17)15(13(8)18)7-9-3-4-11(16(19)20)10(6-9)14-2/h3-4,6,8,14H,5,7H2,1-2H3. The minimum atomic E-state index is -0.482. The lowest BCUT2D eigenvalue weighted by atomic mass is 10.1. The van der Waals surface area contributed by atoms with Gasteiger partial charge in [-0.05, 0) is 11.6 Å². The van der Waals surface area contributed by atoms with Gasteiger partial charge in [0.05, 0.1) is 11.5 Å². The van der Waals surface area contributed by atoms with Crippen LogP contribution in [0.2, 0.25) is 0 Å². The topological polar surface area (TPSA) is 92.6 Å². The lowest BCUT2D eigenvalue weighted by Crippen LogP contribution is -2.29. The van der Waals surface area contributed by atoms with Crippen molar-refractivity contribution in [2.45, 2.75) is 19.9 Å². The largest absolute Gasteiger partial charge is 0.383 e. The van der Waals surface area contributed by atoms with Gasteiger partial charge in [0.25, 0.3) is 5.69 Å². The molecule has 1 fully saturated rings. The number of anilines is 1. The van der Waals surface area contributed by atoms with E-state index in [-0.39, 0.29) is 36.4 Å². The van der Waals surface area contributed by atoms with E-state index in [2.05, 4.69) is 5.32 Å². The number of hydrogen-bond acceptors (Lipinski definition) is 5. The van der Waals surface area contributed by atoms with Crippen LogP contribution in [0.3, 0.4) is 0 Å². The van der Waals surface area contributed by atoms with Gasteiger partial charge in [0, 0.05) is 25.5 Å². The van der Waals surface area contributed by atoms with Crippen LogP contribution in [0.4, 0.5) is 11.4 Å². The molecule has 106 valence electrons. The molecule has 1 unspecified atom stereocenters. The highest BCUT2D eigenvalue weighted by Crippen LogP contribution is 2.27. The first-order valence-electron chi connectivity index (χ1n) is 6.23. The molecule has 20 heavy (non-hydrogen) atoms. The molecule has 0 aliphatic carbocycles. The fourth-order valence-corrected chi connectivity index (χ4v) is 2.24. The van der Waals surface area contributed by atoms with Crippen molar-refractivity contribution in [3.63, 3.8) is 0 Å². The molecule has 7 nitrogen and oxygen atoms in total. The van der Waals surface area contributed by atoms with Crippen LogP contribution in [0.1, 0.15) is 18.9 Å². The van der Waals surface area contributed by atoms with E-state index in [4.69, 9.17) is 0 Å². The highest BCUT2D eigenvalue weighted by Gasteiger charge is 2.35. The van der Waals surface area contributed by atoms with Gasteiger partial charge in [0.15, 0.2) is 0 Å². The zero-order valence-electron chi connectivity index (χ0n) is 11.3. The number of benzene rings is 1. The quantitative estimate of drug-likeness (QED) is 0.512. The van der Waals surface area contributed by atoms with Gasteiger partial charge < -0.3 is 5.32 Å². The normalized spacial score (nSPS) is 18.5. The lowest BCUT2D eigenvalue weighted by Gasteiger charge is -2.15. The Morgan fingerprint density at radius 3 is 2.65 bits per heavy atom. The molecule has 1 heterocycles. The van der Waals surface area contributed by atoms with Crippen molar-refractivity contribution in [3.8, 4) is 0 Å². The molecule has 0 bridgehead atoms. The maximum Gasteiger partial charge on any atom is 0.292 e. The molecule has 1 N–H and O–H groups in total. The summed E-state index contributed by atoms with van der Waals surface area (Å²) in [5, 5.41) is 13.6. The third kappa shape index (κ3) is 2.47. The molecule has 1 saturated heterocycles. The Kier molecular flexibility index (Phi) is 3.69. The van der Waals surface area contributed by atoms with Crippen LogP contribution >= 0.6 is 0 Å². The first kappa shape index (κ1) is 14.0. The fourth-order valence-electron chi connectivity index (χ4n) is 2.24. The summed E-state index contributed by atoms with van der Waals surface area (Å²) in [4.78, 5) is 35.1. The number of nitro groups is 1. The molecule has 1 atom stereocenters. The number of nitrogens with zero attached hydrogens (tertiary/aromatic N) is 2. The number of nitrogens with one attached hydrogen (secondary N) is 1. The van der Waals surface area contributed by atoms with E-state index in [1.165, 1.54) is 11.0 Å². The summed E-state index contributed by atoms with van der Waals surface area (Å²) in [6.07, 6.45) is 0.227. The summed E-state index contributed by atoms with van der Waals surface area (Å²) in [7, 11) is 1.58. The predicted octanol–water partition coefficient (Wildman–Crippen LogP) is 1.53. The van der Waals surface area contributed by atoms with E-state index < -0.39 is 4.92 Å². The number of carbonyl (C=O) groups is 2. The van der Waals surface area contributed by atoms with Gasteiger partial charge >= 0.3 is 0 Å². The van der Waals surface area contributed by atoms with Gasteiger partial charge in [-0.3, -0.25) is 24.6 Å². The third-order valence-electron chi connectivity index (χ3n) is 3.34. The van der Waals surface area contributed by atoms with Crippen molar-refractivity contribution in [1.82, 2.24) is 4.90 Å². The second kappa shape index (κ2) is 5.28. The molecule has 2 amide bonds. The summed E-state index contributed by atoms with van der Waals surface area (Å²) in [6.45, 7) is 1.86. The Balaban J connectivity index is 2.24. The van der Waals surface area contributed by atoms with Crippen LogP contribution in [-0.4, -0.2) is 28.7 Å². The summed E-state index contributed by atoms with van der Waals surface area (Å²) >= 11 is 0. The summed E-state index contributed by atoms with van der Waals surface area (Å²) in [6, 6.07) is 4.51. The highest BCUT2D eigenvalue weighted by atomic mass is 16.6. The Labute approximate surface area is 115 Å². The van der Waals surface area contributed by atoms with Crippen LogP contribution in [-0.2, 0) is 16.1 Å². The highest BCUT2D eigenvalue weighted by molar-refractivity contribution is 6.03. The van der Waals surface area contributed by atoms with Crippen molar-refractivity contribution in [3.05, 3.63) is 33.9 Å². The minimum absolute atomic E-state index is 0.0382. The maximum absolute atomic E-state index is 11.8. The fraction of sp³-hybridized carbons (Fsp3) is 0.385. The van der Waals surface area contributed by atoms with Gasteiger partial charge in [0.2, 0.25) is 11.8 Å². The molecule has 0 radical (unpaired) electrons. The molecule has 0 aromatic heterocycles. The van der Waals surface area contributed by atoms with Crippen molar-refractivity contribution in [1.29, 1.82) is 0 Å². The smallest absolute Gasteiger partial charge is 0.292 e.